The van der Waals surface area contributed by atoms with Gasteiger partial charge >= 0.3 is 0 Å². The fourth-order valence-corrected chi connectivity index (χ4v) is 5.38. The number of thiazole rings is 1. The summed E-state index contributed by atoms with van der Waals surface area (Å²) in [6.07, 6.45) is 7.56. The van der Waals surface area contributed by atoms with Crippen molar-refractivity contribution in [1.82, 2.24) is 15.2 Å². The average Bonchev–Trinajstić information content (AvgIpc) is 3.07. The van der Waals surface area contributed by atoms with Crippen molar-refractivity contribution in [1.29, 1.82) is 0 Å². The maximum atomic E-state index is 5.06. The van der Waals surface area contributed by atoms with Gasteiger partial charge in [-0.3, -0.25) is 4.90 Å². The molecule has 1 aromatic rings. The van der Waals surface area contributed by atoms with Gasteiger partial charge in [0.25, 0.3) is 0 Å². The molecule has 0 bridgehead atoms. The summed E-state index contributed by atoms with van der Waals surface area (Å²) in [4.78, 5) is 9.19. The van der Waals surface area contributed by atoms with Gasteiger partial charge in [0.1, 0.15) is 5.01 Å². The van der Waals surface area contributed by atoms with Crippen LogP contribution in [-0.2, 0) is 12.0 Å². The molecule has 3 heterocycles. The zero-order valence-corrected chi connectivity index (χ0v) is 14.6. The molecule has 21 heavy (non-hydrogen) atoms. The first-order chi connectivity index (χ1) is 10.2. The fourth-order valence-electron chi connectivity index (χ4n) is 4.13. The second-order valence-corrected chi connectivity index (χ2v) is 7.77. The highest BCUT2D eigenvalue weighted by Gasteiger charge is 2.50. The van der Waals surface area contributed by atoms with E-state index in [2.05, 4.69) is 31.0 Å². The number of hydrogen-bond acceptors (Lipinski definition) is 4. The maximum absolute atomic E-state index is 5.06. The zero-order valence-electron chi connectivity index (χ0n) is 13.7. The molecule has 2 atom stereocenters. The third-order valence-corrected chi connectivity index (χ3v) is 6.47. The summed E-state index contributed by atoms with van der Waals surface area (Å²) in [7, 11) is 0. The van der Waals surface area contributed by atoms with E-state index in [0.29, 0.717) is 6.04 Å². The molecular weight excluding hydrogens is 278 g/mol. The molecule has 3 rings (SSSR count). The summed E-state index contributed by atoms with van der Waals surface area (Å²) in [5.74, 6) is 0. The maximum Gasteiger partial charge on any atom is 0.115 e. The third-order valence-electron chi connectivity index (χ3n) is 5.28. The predicted octanol–water partition coefficient (Wildman–Crippen LogP) is 3.47. The molecule has 0 saturated carbocycles. The van der Waals surface area contributed by atoms with Crippen LogP contribution < -0.4 is 5.32 Å². The molecule has 1 N–H and O–H groups in total. The summed E-state index contributed by atoms with van der Waals surface area (Å²) in [6, 6.07) is 0.660. The Labute approximate surface area is 133 Å². The van der Waals surface area contributed by atoms with E-state index in [1.54, 1.807) is 0 Å². The molecule has 0 radical (unpaired) electrons. The van der Waals surface area contributed by atoms with Crippen LogP contribution in [0.15, 0.2) is 0 Å². The van der Waals surface area contributed by atoms with Crippen molar-refractivity contribution in [2.45, 2.75) is 70.9 Å². The van der Waals surface area contributed by atoms with Crippen LogP contribution in [0.3, 0.4) is 0 Å². The molecule has 0 amide bonds. The molecular formula is C17H29N3S. The first kappa shape index (κ1) is 15.4. The monoisotopic (exact) mass is 307 g/mol. The van der Waals surface area contributed by atoms with E-state index >= 15 is 0 Å². The Bertz CT molecular complexity index is 484. The van der Waals surface area contributed by atoms with E-state index in [1.165, 1.54) is 60.8 Å². The summed E-state index contributed by atoms with van der Waals surface area (Å²) >= 11 is 1.94. The van der Waals surface area contributed by atoms with E-state index in [9.17, 15) is 0 Å². The van der Waals surface area contributed by atoms with Gasteiger partial charge in [-0.2, -0.15) is 0 Å². The Balaban J connectivity index is 1.96. The van der Waals surface area contributed by atoms with Crippen LogP contribution in [0.2, 0.25) is 0 Å². The van der Waals surface area contributed by atoms with Crippen molar-refractivity contribution >= 4 is 11.3 Å². The zero-order chi connectivity index (χ0) is 14.9. The highest BCUT2D eigenvalue weighted by Crippen LogP contribution is 2.44. The van der Waals surface area contributed by atoms with Gasteiger partial charge in [0, 0.05) is 17.5 Å². The Morgan fingerprint density at radius 1 is 1.33 bits per heavy atom. The lowest BCUT2D eigenvalue weighted by Crippen LogP contribution is -2.53. The number of fused-ring (bicyclic) bond motifs is 1. The molecule has 4 heteroatoms. The summed E-state index contributed by atoms with van der Waals surface area (Å²) in [6.45, 7) is 10.3. The first-order valence-electron chi connectivity index (χ1n) is 8.67. The third kappa shape index (κ3) is 2.66. The van der Waals surface area contributed by atoms with Gasteiger partial charge in [-0.15, -0.1) is 11.3 Å². The van der Waals surface area contributed by atoms with Crippen LogP contribution >= 0.6 is 11.3 Å². The van der Waals surface area contributed by atoms with Crippen LogP contribution in [0.25, 0.3) is 0 Å². The van der Waals surface area contributed by atoms with Gasteiger partial charge in [0.2, 0.25) is 0 Å². The van der Waals surface area contributed by atoms with Gasteiger partial charge in [-0.1, -0.05) is 20.3 Å². The summed E-state index contributed by atoms with van der Waals surface area (Å²) in [5, 5.41) is 5.29. The van der Waals surface area contributed by atoms with E-state index in [-0.39, 0.29) is 5.54 Å². The van der Waals surface area contributed by atoms with Crippen molar-refractivity contribution < 1.29 is 0 Å². The Kier molecular flexibility index (Phi) is 4.67. The van der Waals surface area contributed by atoms with Crippen molar-refractivity contribution in [3.8, 4) is 0 Å². The fraction of sp³-hybridized carbons (Fsp3) is 0.824. The molecule has 118 valence electrons. The smallest absolute Gasteiger partial charge is 0.115 e. The largest absolute Gasteiger partial charge is 0.304 e. The number of nitrogens with one attached hydrogen (secondary N) is 1. The lowest BCUT2D eigenvalue weighted by molar-refractivity contribution is 0.136. The van der Waals surface area contributed by atoms with Gasteiger partial charge in [0.05, 0.1) is 11.2 Å². The highest BCUT2D eigenvalue weighted by molar-refractivity contribution is 7.11. The van der Waals surface area contributed by atoms with Crippen LogP contribution in [0, 0.1) is 6.92 Å². The van der Waals surface area contributed by atoms with E-state index < -0.39 is 0 Å². The SMILES string of the molecule is CCCNC1(c2nc(CC)c(C)s2)CCN2CCCCC21. The second-order valence-electron chi connectivity index (χ2n) is 6.57. The number of aromatic nitrogens is 1. The van der Waals surface area contributed by atoms with E-state index in [4.69, 9.17) is 4.98 Å². The van der Waals surface area contributed by atoms with Gasteiger partial charge in [-0.25, -0.2) is 4.98 Å². The molecule has 2 saturated heterocycles. The topological polar surface area (TPSA) is 28.2 Å². The minimum Gasteiger partial charge on any atom is -0.304 e. The quantitative estimate of drug-likeness (QED) is 0.903. The lowest BCUT2D eigenvalue weighted by Gasteiger charge is -2.40. The Morgan fingerprint density at radius 3 is 2.90 bits per heavy atom. The normalized spacial score (nSPS) is 29.8. The minimum atomic E-state index is 0.124. The molecule has 0 spiro atoms. The average molecular weight is 308 g/mol. The van der Waals surface area contributed by atoms with Crippen molar-refractivity contribution in [2.75, 3.05) is 19.6 Å². The van der Waals surface area contributed by atoms with Crippen LogP contribution in [-0.4, -0.2) is 35.6 Å². The van der Waals surface area contributed by atoms with Crippen LogP contribution in [0.5, 0.6) is 0 Å². The summed E-state index contributed by atoms with van der Waals surface area (Å²) in [5.41, 5.74) is 1.43. The molecule has 2 aliphatic rings. The highest BCUT2D eigenvalue weighted by atomic mass is 32.1. The van der Waals surface area contributed by atoms with Crippen molar-refractivity contribution in [2.24, 2.45) is 0 Å². The lowest BCUT2D eigenvalue weighted by atomic mass is 9.85. The molecule has 2 unspecified atom stereocenters. The van der Waals surface area contributed by atoms with E-state index in [1.807, 2.05) is 11.3 Å². The van der Waals surface area contributed by atoms with Crippen LogP contribution in [0.4, 0.5) is 0 Å². The number of piperidine rings is 1. The van der Waals surface area contributed by atoms with Crippen molar-refractivity contribution in [3.05, 3.63) is 15.6 Å². The number of rotatable bonds is 5. The van der Waals surface area contributed by atoms with Gasteiger partial charge in [-0.05, 0) is 52.1 Å². The molecule has 0 aliphatic carbocycles. The number of nitrogens with zero attached hydrogens (tertiary/aromatic N) is 2. The Morgan fingerprint density at radius 2 is 2.19 bits per heavy atom. The number of aryl methyl sites for hydroxylation is 2. The van der Waals surface area contributed by atoms with E-state index in [0.717, 1.165) is 13.0 Å². The summed E-state index contributed by atoms with van der Waals surface area (Å²) < 4.78 is 0. The standard InChI is InChI=1S/C17H29N3S/c1-4-10-18-17(16-19-14(5-2)13(3)21-16)9-12-20-11-7-6-8-15(17)20/h15,18H,4-12H2,1-3H3. The van der Waals surface area contributed by atoms with Gasteiger partial charge in [0.15, 0.2) is 0 Å². The molecule has 3 nitrogen and oxygen atoms in total. The Hall–Kier alpha value is -0.450. The molecule has 2 fully saturated rings. The predicted molar refractivity (Wildman–Crippen MR) is 90.0 cm³/mol. The van der Waals surface area contributed by atoms with Crippen LogP contribution in [0.1, 0.15) is 61.5 Å². The molecule has 1 aromatic heterocycles. The second kappa shape index (κ2) is 6.35. The molecule has 0 aromatic carbocycles. The van der Waals surface area contributed by atoms with Gasteiger partial charge < -0.3 is 5.32 Å². The number of hydrogen-bond donors (Lipinski definition) is 1. The van der Waals surface area contributed by atoms with Crippen molar-refractivity contribution in [3.63, 3.8) is 0 Å². The molecule has 2 aliphatic heterocycles. The first-order valence-corrected chi connectivity index (χ1v) is 9.48. The minimum absolute atomic E-state index is 0.124.